The average Bonchev–Trinajstić information content (AvgIpc) is 3.61. The molecule has 0 spiro atoms. The van der Waals surface area contributed by atoms with Gasteiger partial charge in [-0.05, 0) is 105 Å². The van der Waals surface area contributed by atoms with Gasteiger partial charge in [-0.25, -0.2) is 0 Å². The Labute approximate surface area is 267 Å². The van der Waals surface area contributed by atoms with Crippen LogP contribution >= 0.6 is 0 Å². The topological polar surface area (TPSA) is 30.7 Å². The molecule has 2 aliphatic rings. The third kappa shape index (κ3) is 3.32. The number of allylic oxidation sites excluding steroid dienone is 1. The van der Waals surface area contributed by atoms with Gasteiger partial charge in [-0.3, -0.25) is 9.97 Å². The molecular formula is C43H29N3. The third-order valence-corrected chi connectivity index (χ3v) is 10.2. The van der Waals surface area contributed by atoms with E-state index in [0.29, 0.717) is 0 Å². The van der Waals surface area contributed by atoms with Gasteiger partial charge in [0, 0.05) is 28.9 Å². The molecule has 3 heteroatoms. The van der Waals surface area contributed by atoms with E-state index in [0.717, 1.165) is 24.2 Å². The van der Waals surface area contributed by atoms with Gasteiger partial charge < -0.3 is 4.57 Å². The SMILES string of the molecule is C1=Cc2c(c3cc4c(cc3n2-c2cc3ccccc3c3ccccc23)C(c2ccccn2)(c2ccccn2)c2ccccc2-4)CC1. The highest BCUT2D eigenvalue weighted by Crippen LogP contribution is 2.56. The fraction of sp³-hybridized carbons (Fsp3) is 0.0698. The number of nitrogens with zero attached hydrogens (tertiary/aromatic N) is 3. The van der Waals surface area contributed by atoms with Crippen LogP contribution in [0.15, 0.2) is 146 Å². The fourth-order valence-corrected chi connectivity index (χ4v) is 8.33. The van der Waals surface area contributed by atoms with Crippen LogP contribution in [0.3, 0.4) is 0 Å². The molecule has 0 N–H and O–H groups in total. The van der Waals surface area contributed by atoms with Crippen molar-refractivity contribution < 1.29 is 0 Å². The van der Waals surface area contributed by atoms with E-state index in [1.54, 1.807) is 0 Å². The number of benzene rings is 5. The Morgan fingerprint density at radius 2 is 1.26 bits per heavy atom. The molecule has 8 aromatic rings. The molecule has 3 aromatic heterocycles. The quantitative estimate of drug-likeness (QED) is 0.193. The Morgan fingerprint density at radius 3 is 2.04 bits per heavy atom. The molecule has 3 heterocycles. The second-order valence-corrected chi connectivity index (χ2v) is 12.4. The number of pyridine rings is 2. The van der Waals surface area contributed by atoms with Crippen LogP contribution in [-0.2, 0) is 11.8 Å². The summed E-state index contributed by atoms with van der Waals surface area (Å²) in [4.78, 5) is 10.1. The zero-order chi connectivity index (χ0) is 30.2. The van der Waals surface area contributed by atoms with E-state index < -0.39 is 5.41 Å². The van der Waals surface area contributed by atoms with Crippen LogP contribution in [-0.4, -0.2) is 14.5 Å². The predicted octanol–water partition coefficient (Wildman–Crippen LogP) is 10.0. The van der Waals surface area contributed by atoms with E-state index in [1.807, 2.05) is 24.5 Å². The Balaban J connectivity index is 1.39. The fourth-order valence-electron chi connectivity index (χ4n) is 8.33. The third-order valence-electron chi connectivity index (χ3n) is 10.2. The first kappa shape index (κ1) is 25.5. The minimum Gasteiger partial charge on any atom is -0.309 e. The van der Waals surface area contributed by atoms with Crippen molar-refractivity contribution in [3.05, 3.63) is 180 Å². The van der Waals surface area contributed by atoms with Crippen molar-refractivity contribution in [3.8, 4) is 16.8 Å². The van der Waals surface area contributed by atoms with Crippen LogP contribution in [0.4, 0.5) is 0 Å². The first-order valence-electron chi connectivity index (χ1n) is 16.1. The number of hydrogen-bond acceptors (Lipinski definition) is 2. The summed E-state index contributed by atoms with van der Waals surface area (Å²) in [6.07, 6.45) is 10.6. The summed E-state index contributed by atoms with van der Waals surface area (Å²) in [6.45, 7) is 0. The molecule has 0 saturated carbocycles. The van der Waals surface area contributed by atoms with E-state index >= 15 is 0 Å². The van der Waals surface area contributed by atoms with Gasteiger partial charge in [-0.2, -0.15) is 0 Å². The first-order valence-corrected chi connectivity index (χ1v) is 16.1. The molecule has 10 rings (SSSR count). The second-order valence-electron chi connectivity index (χ2n) is 12.4. The summed E-state index contributed by atoms with van der Waals surface area (Å²) in [6, 6.07) is 46.3. The molecule has 0 unspecified atom stereocenters. The summed E-state index contributed by atoms with van der Waals surface area (Å²) in [5, 5.41) is 6.38. The molecule has 46 heavy (non-hydrogen) atoms. The van der Waals surface area contributed by atoms with Gasteiger partial charge in [-0.1, -0.05) is 91.0 Å². The van der Waals surface area contributed by atoms with Crippen molar-refractivity contribution in [1.29, 1.82) is 0 Å². The summed E-state index contributed by atoms with van der Waals surface area (Å²) >= 11 is 0. The largest absolute Gasteiger partial charge is 0.309 e. The van der Waals surface area contributed by atoms with Crippen molar-refractivity contribution in [2.45, 2.75) is 18.3 Å². The van der Waals surface area contributed by atoms with E-state index in [2.05, 4.69) is 132 Å². The molecule has 0 bridgehead atoms. The highest BCUT2D eigenvalue weighted by Gasteiger charge is 2.48. The van der Waals surface area contributed by atoms with Crippen LogP contribution in [0.25, 0.3) is 55.3 Å². The average molecular weight is 588 g/mol. The highest BCUT2D eigenvalue weighted by atomic mass is 15.0. The number of fused-ring (bicyclic) bond motifs is 9. The zero-order valence-corrected chi connectivity index (χ0v) is 25.2. The molecule has 3 nitrogen and oxygen atoms in total. The summed E-state index contributed by atoms with van der Waals surface area (Å²) in [7, 11) is 0. The Hall–Kier alpha value is -5.80. The lowest BCUT2D eigenvalue weighted by Gasteiger charge is -2.31. The zero-order valence-electron chi connectivity index (χ0n) is 25.2. The maximum atomic E-state index is 5.05. The first-order chi connectivity index (χ1) is 22.8. The highest BCUT2D eigenvalue weighted by molar-refractivity contribution is 6.12. The molecule has 2 aliphatic carbocycles. The molecule has 216 valence electrons. The summed E-state index contributed by atoms with van der Waals surface area (Å²) < 4.78 is 2.53. The lowest BCUT2D eigenvalue weighted by Crippen LogP contribution is -2.30. The van der Waals surface area contributed by atoms with E-state index in [1.165, 1.54) is 71.6 Å². The minimum absolute atomic E-state index is 0.653. The van der Waals surface area contributed by atoms with E-state index in [4.69, 9.17) is 9.97 Å². The van der Waals surface area contributed by atoms with Crippen molar-refractivity contribution in [2.75, 3.05) is 0 Å². The van der Waals surface area contributed by atoms with Crippen molar-refractivity contribution in [2.24, 2.45) is 0 Å². The molecular weight excluding hydrogens is 558 g/mol. The van der Waals surface area contributed by atoms with Crippen LogP contribution in [0.2, 0.25) is 0 Å². The monoisotopic (exact) mass is 587 g/mol. The van der Waals surface area contributed by atoms with Gasteiger partial charge in [0.1, 0.15) is 5.41 Å². The number of hydrogen-bond donors (Lipinski definition) is 0. The molecule has 0 radical (unpaired) electrons. The summed E-state index contributed by atoms with van der Waals surface area (Å²) in [5.41, 5.74) is 11.4. The van der Waals surface area contributed by atoms with Crippen LogP contribution < -0.4 is 0 Å². The molecule has 0 saturated heterocycles. The van der Waals surface area contributed by atoms with Gasteiger partial charge in [-0.15, -0.1) is 0 Å². The lowest BCUT2D eigenvalue weighted by atomic mass is 9.72. The molecule has 0 fully saturated rings. The minimum atomic E-state index is -0.653. The summed E-state index contributed by atoms with van der Waals surface area (Å²) in [5.74, 6) is 0. The van der Waals surface area contributed by atoms with Crippen LogP contribution in [0.1, 0.15) is 40.2 Å². The van der Waals surface area contributed by atoms with Gasteiger partial charge in [0.15, 0.2) is 0 Å². The van der Waals surface area contributed by atoms with Gasteiger partial charge in [0.05, 0.1) is 22.6 Å². The van der Waals surface area contributed by atoms with Crippen LogP contribution in [0.5, 0.6) is 0 Å². The normalized spacial score (nSPS) is 14.4. The second kappa shape index (κ2) is 9.60. The smallest absolute Gasteiger partial charge is 0.106 e. The number of rotatable bonds is 3. The molecule has 0 atom stereocenters. The van der Waals surface area contributed by atoms with Gasteiger partial charge in [0.2, 0.25) is 0 Å². The van der Waals surface area contributed by atoms with E-state index in [-0.39, 0.29) is 0 Å². The molecule has 0 aliphatic heterocycles. The van der Waals surface area contributed by atoms with Gasteiger partial charge >= 0.3 is 0 Å². The maximum absolute atomic E-state index is 5.05. The number of aryl methyl sites for hydroxylation is 1. The maximum Gasteiger partial charge on any atom is 0.106 e. The van der Waals surface area contributed by atoms with Gasteiger partial charge in [0.25, 0.3) is 0 Å². The van der Waals surface area contributed by atoms with Crippen LogP contribution in [0, 0.1) is 0 Å². The van der Waals surface area contributed by atoms with E-state index in [9.17, 15) is 0 Å². The van der Waals surface area contributed by atoms with Crippen molar-refractivity contribution in [3.63, 3.8) is 0 Å². The number of aromatic nitrogens is 3. The Morgan fingerprint density at radius 1 is 0.565 bits per heavy atom. The standard InChI is InChI=1S/C43H29N3/c1-2-14-29-28(13-1)25-39(32-17-4-3-15-30(29)32)46-38-20-8-6-18-33(38)35-26-34-31-16-5-7-19-36(31)43(37(34)27-40(35)46,41-21-9-11-23-44-41)42-22-10-12-24-45-42/h1-5,7-17,19-27H,6,18H2. The molecule has 0 amide bonds. The molecule has 5 aromatic carbocycles. The predicted molar refractivity (Wildman–Crippen MR) is 189 cm³/mol. The Bertz CT molecular complexity index is 2480. The lowest BCUT2D eigenvalue weighted by molar-refractivity contribution is 0.706. The van der Waals surface area contributed by atoms with Crippen molar-refractivity contribution in [1.82, 2.24) is 14.5 Å². The van der Waals surface area contributed by atoms with Crippen molar-refractivity contribution >= 4 is 38.5 Å². The Kier molecular flexibility index (Phi) is 5.32.